The molecule has 0 amide bonds. The lowest BCUT2D eigenvalue weighted by Crippen LogP contribution is -2.39. The Labute approximate surface area is 95.7 Å². The molecule has 0 bridgehead atoms. The maximum Gasteiger partial charge on any atom is 0.317 e. The monoisotopic (exact) mass is 236 g/mol. The van der Waals surface area contributed by atoms with Crippen LogP contribution in [0.1, 0.15) is 5.82 Å². The summed E-state index contributed by atoms with van der Waals surface area (Å²) in [5.74, 6) is 0.735. The number of imidazole rings is 1. The normalized spacial score (nSPS) is 18.8. The summed E-state index contributed by atoms with van der Waals surface area (Å²) >= 11 is 0. The second-order valence-electron chi connectivity index (χ2n) is 4.24. The second-order valence-corrected chi connectivity index (χ2v) is 4.24. The number of rotatable bonds is 2. The number of nitrogens with zero attached hydrogens (tertiary/aromatic N) is 3. The van der Waals surface area contributed by atoms with Gasteiger partial charge in [0.25, 0.3) is 0 Å². The first kappa shape index (κ1) is 10.3. The molecule has 1 fully saturated rings. The Kier molecular flexibility index (Phi) is 1.99. The lowest BCUT2D eigenvalue weighted by Gasteiger charge is -2.01. The van der Waals surface area contributed by atoms with Crippen molar-refractivity contribution in [2.75, 3.05) is 6.61 Å². The molecule has 1 N–H and O–H groups in total. The fourth-order valence-electron chi connectivity index (χ4n) is 1.85. The Morgan fingerprint density at radius 1 is 1.35 bits per heavy atom. The zero-order chi connectivity index (χ0) is 12.2. The van der Waals surface area contributed by atoms with Gasteiger partial charge < -0.3 is 9.72 Å². The van der Waals surface area contributed by atoms with E-state index in [9.17, 15) is 9.59 Å². The van der Waals surface area contributed by atoms with E-state index in [-0.39, 0.29) is 6.10 Å². The Bertz CT molecular complexity index is 652. The first-order valence-electron chi connectivity index (χ1n) is 5.34. The van der Waals surface area contributed by atoms with Crippen molar-refractivity contribution in [1.82, 2.24) is 19.1 Å². The molecule has 1 saturated heterocycles. The largest absolute Gasteiger partial charge is 0.373 e. The van der Waals surface area contributed by atoms with Gasteiger partial charge in [-0.25, -0.2) is 4.98 Å². The minimum absolute atomic E-state index is 0.213. The van der Waals surface area contributed by atoms with E-state index in [2.05, 4.69) is 9.97 Å². The van der Waals surface area contributed by atoms with Gasteiger partial charge in [0.1, 0.15) is 5.82 Å². The highest BCUT2D eigenvalue weighted by molar-refractivity contribution is 5.66. The van der Waals surface area contributed by atoms with Crippen LogP contribution in [0.4, 0.5) is 0 Å². The fraction of sp³-hybridized carbons (Fsp3) is 0.500. The predicted molar refractivity (Wildman–Crippen MR) is 60.0 cm³/mol. The Hall–Kier alpha value is -1.89. The molecule has 7 nitrogen and oxygen atoms in total. The van der Waals surface area contributed by atoms with E-state index in [1.54, 1.807) is 14.1 Å². The van der Waals surface area contributed by atoms with E-state index in [4.69, 9.17) is 4.74 Å². The summed E-state index contributed by atoms with van der Waals surface area (Å²) < 4.78 is 7.68. The molecule has 2 aromatic rings. The minimum Gasteiger partial charge on any atom is -0.373 e. The molecule has 1 atom stereocenters. The summed E-state index contributed by atoms with van der Waals surface area (Å²) in [7, 11) is 3.10. The highest BCUT2D eigenvalue weighted by Gasteiger charge is 2.25. The van der Waals surface area contributed by atoms with Crippen molar-refractivity contribution in [2.45, 2.75) is 12.5 Å². The first-order chi connectivity index (χ1) is 8.08. The van der Waals surface area contributed by atoms with E-state index in [0.717, 1.165) is 12.4 Å². The van der Waals surface area contributed by atoms with Crippen molar-refractivity contribution in [3.8, 4) is 0 Å². The average molecular weight is 236 g/mol. The molecule has 3 heterocycles. The van der Waals surface area contributed by atoms with E-state index in [1.165, 1.54) is 9.13 Å². The predicted octanol–water partition coefficient (Wildman–Crippen LogP) is -1.10. The lowest BCUT2D eigenvalue weighted by atomic mass is 10.3. The molecule has 0 unspecified atom stereocenters. The van der Waals surface area contributed by atoms with Gasteiger partial charge in [-0.05, 0) is 0 Å². The molecular weight excluding hydrogens is 224 g/mol. The van der Waals surface area contributed by atoms with Gasteiger partial charge >= 0.3 is 11.1 Å². The highest BCUT2D eigenvalue weighted by atomic mass is 16.6. The van der Waals surface area contributed by atoms with Gasteiger partial charge in [-0.1, -0.05) is 0 Å². The molecule has 0 radical (unpaired) electrons. The third-order valence-corrected chi connectivity index (χ3v) is 2.98. The van der Waals surface area contributed by atoms with Gasteiger partial charge in [0.15, 0.2) is 11.3 Å². The summed E-state index contributed by atoms with van der Waals surface area (Å²) in [6.45, 7) is 0.745. The van der Waals surface area contributed by atoms with Crippen molar-refractivity contribution in [1.29, 1.82) is 0 Å². The number of nitrogens with one attached hydrogen (secondary N) is 1. The standard InChI is InChI=1S/C10H12N4O3/c1-13-7-8(14(2)10(16)9(13)15)12-6(11-7)3-5-4-17-5/h5H,3-4H2,1-2H3,(H,11,12)/t5-/m0/s1. The van der Waals surface area contributed by atoms with Crippen molar-refractivity contribution in [2.24, 2.45) is 14.1 Å². The number of H-pyrrole nitrogens is 1. The van der Waals surface area contributed by atoms with Gasteiger partial charge in [-0.3, -0.25) is 18.7 Å². The van der Waals surface area contributed by atoms with Crippen molar-refractivity contribution in [3.05, 3.63) is 26.5 Å². The number of hydrogen-bond acceptors (Lipinski definition) is 4. The maximum absolute atomic E-state index is 11.6. The summed E-state index contributed by atoms with van der Waals surface area (Å²) in [4.78, 5) is 30.6. The molecule has 2 aromatic heterocycles. The minimum atomic E-state index is -0.569. The van der Waals surface area contributed by atoms with Crippen LogP contribution in [0.3, 0.4) is 0 Å². The first-order valence-corrected chi connectivity index (χ1v) is 5.34. The zero-order valence-electron chi connectivity index (χ0n) is 9.56. The van der Waals surface area contributed by atoms with Crippen LogP contribution in [0.2, 0.25) is 0 Å². The second kappa shape index (κ2) is 3.30. The summed E-state index contributed by atoms with van der Waals surface area (Å²) in [6, 6.07) is 0. The van der Waals surface area contributed by atoms with E-state index < -0.39 is 11.1 Å². The van der Waals surface area contributed by atoms with Gasteiger partial charge in [0, 0.05) is 20.5 Å². The van der Waals surface area contributed by atoms with Crippen LogP contribution in [-0.2, 0) is 25.3 Å². The Morgan fingerprint density at radius 2 is 2.00 bits per heavy atom. The third kappa shape index (κ3) is 1.50. The highest BCUT2D eigenvalue weighted by Crippen LogP contribution is 2.15. The molecule has 1 aliphatic heterocycles. The van der Waals surface area contributed by atoms with Crippen molar-refractivity contribution in [3.63, 3.8) is 0 Å². The van der Waals surface area contributed by atoms with Crippen LogP contribution in [0.5, 0.6) is 0 Å². The number of aromatic nitrogens is 4. The molecule has 0 aromatic carbocycles. The topological polar surface area (TPSA) is 85.2 Å². The number of aryl methyl sites for hydroxylation is 2. The number of aromatic amines is 1. The SMILES string of the molecule is Cn1c(=O)c(=O)n(C)c2[nH]c(C[C@H]3CO3)nc21. The van der Waals surface area contributed by atoms with Crippen LogP contribution in [0.25, 0.3) is 11.3 Å². The summed E-state index contributed by atoms with van der Waals surface area (Å²) in [5, 5.41) is 0. The van der Waals surface area contributed by atoms with Gasteiger partial charge in [-0.2, -0.15) is 0 Å². The quantitative estimate of drug-likeness (QED) is 0.530. The number of hydrogen-bond donors (Lipinski definition) is 1. The van der Waals surface area contributed by atoms with Gasteiger partial charge in [-0.15, -0.1) is 0 Å². The third-order valence-electron chi connectivity index (χ3n) is 2.98. The Morgan fingerprint density at radius 3 is 2.65 bits per heavy atom. The molecule has 0 aliphatic carbocycles. The Balaban J connectivity index is 2.26. The molecular formula is C10H12N4O3. The number of ether oxygens (including phenoxy) is 1. The lowest BCUT2D eigenvalue weighted by molar-refractivity contribution is 0.405. The molecule has 1 aliphatic rings. The molecule has 90 valence electrons. The summed E-state index contributed by atoms with van der Waals surface area (Å²) in [5.41, 5.74) is -0.0703. The van der Waals surface area contributed by atoms with Crippen LogP contribution < -0.4 is 11.1 Å². The van der Waals surface area contributed by atoms with E-state index in [1.807, 2.05) is 0 Å². The van der Waals surface area contributed by atoms with Crippen molar-refractivity contribution < 1.29 is 4.74 Å². The van der Waals surface area contributed by atoms with Gasteiger partial charge in [0.05, 0.1) is 12.7 Å². The molecule has 3 rings (SSSR count). The molecule has 0 spiro atoms. The van der Waals surface area contributed by atoms with Crippen LogP contribution in [-0.4, -0.2) is 31.8 Å². The van der Waals surface area contributed by atoms with Crippen LogP contribution in [0, 0.1) is 0 Å². The zero-order valence-corrected chi connectivity index (χ0v) is 9.56. The summed E-state index contributed by atoms with van der Waals surface area (Å²) in [6.07, 6.45) is 0.890. The number of fused-ring (bicyclic) bond motifs is 1. The molecule has 17 heavy (non-hydrogen) atoms. The van der Waals surface area contributed by atoms with Crippen LogP contribution in [0.15, 0.2) is 9.59 Å². The van der Waals surface area contributed by atoms with E-state index in [0.29, 0.717) is 17.7 Å². The average Bonchev–Trinajstić information content (AvgIpc) is 3.01. The molecule has 7 heteroatoms. The maximum atomic E-state index is 11.6. The smallest absolute Gasteiger partial charge is 0.317 e. The van der Waals surface area contributed by atoms with Crippen LogP contribution >= 0.6 is 0 Å². The van der Waals surface area contributed by atoms with E-state index >= 15 is 0 Å². The van der Waals surface area contributed by atoms with Gasteiger partial charge in [0.2, 0.25) is 0 Å². The number of epoxide rings is 1. The fourth-order valence-corrected chi connectivity index (χ4v) is 1.85. The van der Waals surface area contributed by atoms with Crippen molar-refractivity contribution >= 4 is 11.3 Å². The molecule has 0 saturated carbocycles.